The molecule has 0 fully saturated rings. The van der Waals surface area contributed by atoms with Crippen LogP contribution < -0.4 is 0 Å². The van der Waals surface area contributed by atoms with Gasteiger partial charge in [-0.3, -0.25) is 4.79 Å². The summed E-state index contributed by atoms with van der Waals surface area (Å²) in [5.41, 5.74) is 0. The third-order valence-electron chi connectivity index (χ3n) is 1.24. The van der Waals surface area contributed by atoms with Crippen molar-refractivity contribution < 1.29 is 13.2 Å². The molecule has 0 aliphatic carbocycles. The molecular formula is C5H10NO3S. The summed E-state index contributed by atoms with van der Waals surface area (Å²) in [5.74, 6) is 0. The van der Waals surface area contributed by atoms with Gasteiger partial charge in [-0.2, -0.15) is 4.31 Å². The van der Waals surface area contributed by atoms with Crippen LogP contribution in [0.15, 0.2) is 0 Å². The van der Waals surface area contributed by atoms with Crippen LogP contribution in [0.5, 0.6) is 0 Å². The second-order valence-corrected chi connectivity index (χ2v) is 4.12. The van der Waals surface area contributed by atoms with Gasteiger partial charge in [0.25, 0.3) is 0 Å². The molecule has 0 bridgehead atoms. The maximum absolute atomic E-state index is 10.7. The lowest BCUT2D eigenvalue weighted by Crippen LogP contribution is -2.34. The molecule has 0 heterocycles. The quantitative estimate of drug-likeness (QED) is 0.558. The summed E-state index contributed by atoms with van der Waals surface area (Å²) >= 11 is 0. The highest BCUT2D eigenvalue weighted by Crippen LogP contribution is 1.97. The largest absolute Gasteiger partial charge is 0.289 e. The van der Waals surface area contributed by atoms with Gasteiger partial charge >= 0.3 is 0 Å². The molecule has 4 nitrogen and oxygen atoms in total. The molecule has 0 rings (SSSR count). The lowest BCUT2D eigenvalue weighted by Gasteiger charge is -2.15. The second kappa shape index (κ2) is 3.12. The molecule has 0 aromatic heterocycles. The summed E-state index contributed by atoms with van der Waals surface area (Å²) in [5, 5.41) is 0. The summed E-state index contributed by atoms with van der Waals surface area (Å²) in [4.78, 5) is 9.96. The van der Waals surface area contributed by atoms with Crippen LogP contribution in [0.3, 0.4) is 0 Å². The zero-order valence-electron chi connectivity index (χ0n) is 6.16. The molecule has 1 atom stereocenters. The zero-order chi connectivity index (χ0) is 8.36. The van der Waals surface area contributed by atoms with E-state index in [0.717, 1.165) is 10.6 Å². The second-order valence-electron chi connectivity index (χ2n) is 2.07. The summed E-state index contributed by atoms with van der Waals surface area (Å²) < 4.78 is 22.3. The van der Waals surface area contributed by atoms with E-state index in [1.807, 2.05) is 0 Å². The molecule has 0 amide bonds. The van der Waals surface area contributed by atoms with Gasteiger partial charge in [-0.25, -0.2) is 8.42 Å². The fourth-order valence-electron chi connectivity index (χ4n) is 0.361. The zero-order valence-corrected chi connectivity index (χ0v) is 6.97. The van der Waals surface area contributed by atoms with Gasteiger partial charge in [0.1, 0.15) is 0 Å². The molecule has 59 valence electrons. The van der Waals surface area contributed by atoms with E-state index in [4.69, 9.17) is 0 Å². The Labute approximate surface area is 60.9 Å². The Balaban J connectivity index is 4.37. The Kier molecular flexibility index (Phi) is 2.98. The Bertz CT molecular complexity index is 209. The van der Waals surface area contributed by atoms with Gasteiger partial charge < -0.3 is 0 Å². The van der Waals surface area contributed by atoms with Crippen LogP contribution in [0.2, 0.25) is 0 Å². The van der Waals surface area contributed by atoms with Crippen LogP contribution in [0.1, 0.15) is 6.92 Å². The number of hydrogen-bond donors (Lipinski definition) is 0. The molecule has 0 N–H and O–H groups in total. The summed E-state index contributed by atoms with van der Waals surface area (Å²) in [6.45, 7) is 1.47. The van der Waals surface area contributed by atoms with Crippen LogP contribution in [0.4, 0.5) is 0 Å². The molecule has 0 aromatic rings. The van der Waals surface area contributed by atoms with Crippen molar-refractivity contribution >= 4 is 16.3 Å². The molecule has 0 saturated heterocycles. The highest BCUT2D eigenvalue weighted by Gasteiger charge is 2.17. The van der Waals surface area contributed by atoms with Crippen molar-refractivity contribution in [2.45, 2.75) is 13.0 Å². The maximum Gasteiger partial charge on any atom is 0.217 e. The average Bonchev–Trinajstić information content (AvgIpc) is 1.83. The first-order valence-electron chi connectivity index (χ1n) is 2.70. The number of carbonyl (C=O) groups excluding carboxylic acids is 1. The van der Waals surface area contributed by atoms with E-state index in [9.17, 15) is 13.2 Å². The molecule has 1 unspecified atom stereocenters. The van der Waals surface area contributed by atoms with Crippen LogP contribution in [-0.2, 0) is 14.8 Å². The molecule has 0 spiro atoms. The number of likely N-dealkylation sites (N-methyl/N-ethyl adjacent to an activating group) is 1. The van der Waals surface area contributed by atoms with Crippen LogP contribution in [0.25, 0.3) is 0 Å². The molecule has 0 saturated carbocycles. The predicted octanol–water partition coefficient (Wildman–Crippen LogP) is -0.624. The van der Waals surface area contributed by atoms with E-state index in [2.05, 4.69) is 0 Å². The van der Waals surface area contributed by atoms with E-state index in [1.54, 1.807) is 6.29 Å². The van der Waals surface area contributed by atoms with E-state index in [0.29, 0.717) is 0 Å². The molecular weight excluding hydrogens is 154 g/mol. The minimum Gasteiger partial charge on any atom is -0.289 e. The SMILES string of the molecule is CC([C]=O)N(C)S(C)(=O)=O. The lowest BCUT2D eigenvalue weighted by molar-refractivity contribution is 0.433. The first-order chi connectivity index (χ1) is 4.39. The maximum atomic E-state index is 10.7. The van der Waals surface area contributed by atoms with Crippen molar-refractivity contribution in [1.82, 2.24) is 4.31 Å². The predicted molar refractivity (Wildman–Crippen MR) is 37.8 cm³/mol. The number of nitrogens with zero attached hydrogens (tertiary/aromatic N) is 1. The Hall–Kier alpha value is -0.420. The molecule has 0 aromatic carbocycles. The van der Waals surface area contributed by atoms with Crippen LogP contribution >= 0.6 is 0 Å². The lowest BCUT2D eigenvalue weighted by atomic mass is 10.4. The van der Waals surface area contributed by atoms with Crippen molar-refractivity contribution in [2.75, 3.05) is 13.3 Å². The highest BCUT2D eigenvalue weighted by atomic mass is 32.2. The van der Waals surface area contributed by atoms with Gasteiger partial charge in [-0.1, -0.05) is 0 Å². The van der Waals surface area contributed by atoms with Gasteiger partial charge in [0.05, 0.1) is 12.3 Å². The normalized spacial score (nSPS) is 15.2. The first-order valence-corrected chi connectivity index (χ1v) is 4.55. The fourth-order valence-corrected chi connectivity index (χ4v) is 0.979. The summed E-state index contributed by atoms with van der Waals surface area (Å²) in [7, 11) is -1.91. The number of sulfonamides is 1. The molecule has 0 aliphatic heterocycles. The minimum absolute atomic E-state index is 0.699. The van der Waals surface area contributed by atoms with Crippen LogP contribution in [-0.4, -0.2) is 38.4 Å². The van der Waals surface area contributed by atoms with Gasteiger partial charge in [0.15, 0.2) is 0 Å². The number of rotatable bonds is 3. The Morgan fingerprint density at radius 2 is 1.90 bits per heavy atom. The minimum atomic E-state index is -3.24. The smallest absolute Gasteiger partial charge is 0.217 e. The Morgan fingerprint density at radius 1 is 1.50 bits per heavy atom. The van der Waals surface area contributed by atoms with E-state index in [1.165, 1.54) is 14.0 Å². The van der Waals surface area contributed by atoms with Crippen molar-refractivity contribution in [1.29, 1.82) is 0 Å². The van der Waals surface area contributed by atoms with Gasteiger partial charge in [0, 0.05) is 7.05 Å². The summed E-state index contributed by atoms with van der Waals surface area (Å²) in [6, 6.07) is -0.699. The van der Waals surface area contributed by atoms with Crippen LogP contribution in [0, 0.1) is 0 Å². The molecule has 5 heteroatoms. The molecule has 0 aliphatic rings. The monoisotopic (exact) mass is 164 g/mol. The van der Waals surface area contributed by atoms with Crippen molar-refractivity contribution in [2.24, 2.45) is 0 Å². The van der Waals surface area contributed by atoms with Gasteiger partial charge in [0.2, 0.25) is 16.3 Å². The topological polar surface area (TPSA) is 54.5 Å². The van der Waals surface area contributed by atoms with Gasteiger partial charge in [-0.15, -0.1) is 0 Å². The molecule has 10 heavy (non-hydrogen) atoms. The third kappa shape index (κ3) is 2.45. The molecule has 1 radical (unpaired) electrons. The van der Waals surface area contributed by atoms with E-state index >= 15 is 0 Å². The van der Waals surface area contributed by atoms with E-state index < -0.39 is 16.1 Å². The Morgan fingerprint density at radius 3 is 2.00 bits per heavy atom. The number of hydrogen-bond acceptors (Lipinski definition) is 3. The van der Waals surface area contributed by atoms with Gasteiger partial charge in [-0.05, 0) is 6.92 Å². The van der Waals surface area contributed by atoms with Crippen molar-refractivity contribution in [3.05, 3.63) is 0 Å². The van der Waals surface area contributed by atoms with Crippen molar-refractivity contribution in [3.8, 4) is 0 Å². The fraction of sp³-hybridized carbons (Fsp3) is 0.800. The third-order valence-corrected chi connectivity index (χ3v) is 2.60. The average molecular weight is 164 g/mol. The standard InChI is InChI=1S/C5H10NO3S/c1-5(4-7)6(2)10(3,8)9/h5H,1-3H3. The highest BCUT2D eigenvalue weighted by molar-refractivity contribution is 7.88. The van der Waals surface area contributed by atoms with Crippen molar-refractivity contribution in [3.63, 3.8) is 0 Å². The first kappa shape index (κ1) is 9.58. The van der Waals surface area contributed by atoms with E-state index in [-0.39, 0.29) is 0 Å². The summed E-state index contributed by atoms with van der Waals surface area (Å²) in [6.07, 6.45) is 2.61.